The zero-order chi connectivity index (χ0) is 24.1. The largest absolute Gasteiger partial charge is 0.444 e. The van der Waals surface area contributed by atoms with Crippen molar-refractivity contribution in [2.45, 2.75) is 38.8 Å². The molecule has 1 N–H and O–H groups in total. The van der Waals surface area contributed by atoms with E-state index >= 15 is 0 Å². The molecule has 1 saturated heterocycles. The molecule has 3 aromatic rings. The van der Waals surface area contributed by atoms with Gasteiger partial charge in [-0.2, -0.15) is 10.2 Å². The van der Waals surface area contributed by atoms with Crippen molar-refractivity contribution in [1.82, 2.24) is 20.4 Å². The molecular formula is C26H31N5O3. The number of amides is 2. The number of benzene rings is 2. The number of carbonyl (C=O) groups excluding carboxylic acids is 2. The molecule has 1 aliphatic rings. The summed E-state index contributed by atoms with van der Waals surface area (Å²) in [5.74, 6) is -0.105. The first-order valence-corrected chi connectivity index (χ1v) is 11.6. The first kappa shape index (κ1) is 23.5. The van der Waals surface area contributed by atoms with Crippen molar-refractivity contribution < 1.29 is 14.3 Å². The third kappa shape index (κ3) is 5.81. The van der Waals surface area contributed by atoms with Gasteiger partial charge < -0.3 is 19.9 Å². The fourth-order valence-corrected chi connectivity index (χ4v) is 4.13. The standard InChI is InChI=1S/C26H31N5O3/c1-26(2,3)34-25(33)28-22(17-19-9-5-4-6-10-19)24(32)31-15-13-30(14-16-31)23-18-27-29-21-12-8-7-11-20(21)23/h4-12,18,22H,13-17H2,1-3H3,(H,28,33). The zero-order valence-corrected chi connectivity index (χ0v) is 19.9. The van der Waals surface area contributed by atoms with Crippen molar-refractivity contribution >= 4 is 28.6 Å². The number of nitrogens with one attached hydrogen (secondary N) is 1. The number of anilines is 1. The number of aromatic nitrogens is 2. The maximum atomic E-state index is 13.5. The Morgan fingerprint density at radius 2 is 1.68 bits per heavy atom. The van der Waals surface area contributed by atoms with Crippen molar-refractivity contribution in [1.29, 1.82) is 0 Å². The van der Waals surface area contributed by atoms with Crippen LogP contribution in [0.1, 0.15) is 26.3 Å². The van der Waals surface area contributed by atoms with Gasteiger partial charge in [0.25, 0.3) is 0 Å². The molecule has 4 rings (SSSR count). The number of fused-ring (bicyclic) bond motifs is 1. The van der Waals surface area contributed by atoms with E-state index in [1.165, 1.54) is 0 Å². The second-order valence-electron chi connectivity index (χ2n) is 9.45. The van der Waals surface area contributed by atoms with Gasteiger partial charge in [0.1, 0.15) is 11.6 Å². The highest BCUT2D eigenvalue weighted by atomic mass is 16.6. The molecule has 0 saturated carbocycles. The Morgan fingerprint density at radius 3 is 2.38 bits per heavy atom. The summed E-state index contributed by atoms with van der Waals surface area (Å²) in [6.07, 6.45) is 1.59. The van der Waals surface area contributed by atoms with Gasteiger partial charge in [-0.3, -0.25) is 4.79 Å². The molecule has 8 nitrogen and oxygen atoms in total. The minimum absolute atomic E-state index is 0.105. The molecule has 0 radical (unpaired) electrons. The van der Waals surface area contributed by atoms with Gasteiger partial charge in [0.15, 0.2) is 0 Å². The van der Waals surface area contributed by atoms with Crippen LogP contribution in [0.5, 0.6) is 0 Å². The van der Waals surface area contributed by atoms with E-state index < -0.39 is 17.7 Å². The molecule has 2 amide bonds. The number of hydrogen-bond donors (Lipinski definition) is 1. The van der Waals surface area contributed by atoms with Crippen LogP contribution in [0.15, 0.2) is 60.8 Å². The summed E-state index contributed by atoms with van der Waals surface area (Å²) >= 11 is 0. The second kappa shape index (κ2) is 10.1. The van der Waals surface area contributed by atoms with Crippen LogP contribution < -0.4 is 10.2 Å². The van der Waals surface area contributed by atoms with Gasteiger partial charge in [-0.05, 0) is 32.4 Å². The quantitative estimate of drug-likeness (QED) is 0.627. The van der Waals surface area contributed by atoms with Gasteiger partial charge in [0.05, 0.1) is 17.4 Å². The van der Waals surface area contributed by atoms with Crippen molar-refractivity contribution in [2.24, 2.45) is 0 Å². The highest BCUT2D eigenvalue weighted by Gasteiger charge is 2.30. The lowest BCUT2D eigenvalue weighted by molar-refractivity contribution is -0.133. The molecule has 0 bridgehead atoms. The van der Waals surface area contributed by atoms with Crippen LogP contribution in [0.4, 0.5) is 10.5 Å². The number of alkyl carbamates (subject to hydrolysis) is 1. The molecule has 1 atom stereocenters. The van der Waals surface area contributed by atoms with E-state index in [4.69, 9.17) is 4.74 Å². The average molecular weight is 462 g/mol. The van der Waals surface area contributed by atoms with Gasteiger partial charge in [-0.15, -0.1) is 0 Å². The third-order valence-electron chi connectivity index (χ3n) is 5.73. The summed E-state index contributed by atoms with van der Waals surface area (Å²) in [5, 5.41) is 12.2. The monoisotopic (exact) mass is 461 g/mol. The summed E-state index contributed by atoms with van der Waals surface area (Å²) in [5.41, 5.74) is 2.20. The fraction of sp³-hybridized carbons (Fsp3) is 0.385. The Balaban J connectivity index is 1.45. The molecule has 1 aromatic heterocycles. The molecule has 2 heterocycles. The zero-order valence-electron chi connectivity index (χ0n) is 19.9. The predicted molar refractivity (Wildman–Crippen MR) is 132 cm³/mol. The maximum Gasteiger partial charge on any atom is 0.408 e. The lowest BCUT2D eigenvalue weighted by Crippen LogP contribution is -2.56. The van der Waals surface area contributed by atoms with Crippen LogP contribution in [-0.2, 0) is 16.0 Å². The fourth-order valence-electron chi connectivity index (χ4n) is 4.13. The normalized spacial score (nSPS) is 15.1. The van der Waals surface area contributed by atoms with Crippen molar-refractivity contribution in [3.05, 3.63) is 66.4 Å². The van der Waals surface area contributed by atoms with Crippen LogP contribution in [0, 0.1) is 0 Å². The highest BCUT2D eigenvalue weighted by molar-refractivity contribution is 5.91. The van der Waals surface area contributed by atoms with Gasteiger partial charge in [-0.25, -0.2) is 4.79 Å². The second-order valence-corrected chi connectivity index (χ2v) is 9.45. The Labute approximate surface area is 199 Å². The van der Waals surface area contributed by atoms with Crippen LogP contribution in [0.25, 0.3) is 10.9 Å². The first-order chi connectivity index (χ1) is 16.3. The summed E-state index contributed by atoms with van der Waals surface area (Å²) in [6, 6.07) is 16.9. The minimum atomic E-state index is -0.702. The third-order valence-corrected chi connectivity index (χ3v) is 5.73. The highest BCUT2D eigenvalue weighted by Crippen LogP contribution is 2.25. The summed E-state index contributed by atoms with van der Waals surface area (Å²) < 4.78 is 5.42. The van der Waals surface area contributed by atoms with E-state index in [0.29, 0.717) is 32.6 Å². The van der Waals surface area contributed by atoms with Gasteiger partial charge in [0.2, 0.25) is 5.91 Å². The molecule has 178 valence electrons. The van der Waals surface area contributed by atoms with E-state index in [2.05, 4.69) is 20.4 Å². The number of piperazine rings is 1. The predicted octanol–water partition coefficient (Wildman–Crippen LogP) is 3.41. The minimum Gasteiger partial charge on any atom is -0.444 e. The van der Waals surface area contributed by atoms with Gasteiger partial charge in [-0.1, -0.05) is 48.5 Å². The Hall–Kier alpha value is -3.68. The maximum absolute atomic E-state index is 13.5. The molecule has 0 aliphatic carbocycles. The van der Waals surface area contributed by atoms with Crippen LogP contribution >= 0.6 is 0 Å². The van der Waals surface area contributed by atoms with Crippen LogP contribution in [0.2, 0.25) is 0 Å². The van der Waals surface area contributed by atoms with Crippen molar-refractivity contribution in [2.75, 3.05) is 31.1 Å². The lowest BCUT2D eigenvalue weighted by Gasteiger charge is -2.38. The Kier molecular flexibility index (Phi) is 6.95. The van der Waals surface area contributed by atoms with Gasteiger partial charge >= 0.3 is 6.09 Å². The van der Waals surface area contributed by atoms with Crippen LogP contribution in [0.3, 0.4) is 0 Å². The lowest BCUT2D eigenvalue weighted by atomic mass is 10.0. The first-order valence-electron chi connectivity index (χ1n) is 11.6. The van der Waals surface area contributed by atoms with E-state index in [1.54, 1.807) is 27.0 Å². The van der Waals surface area contributed by atoms with Crippen molar-refractivity contribution in [3.8, 4) is 0 Å². The van der Waals surface area contributed by atoms with E-state index in [0.717, 1.165) is 22.2 Å². The molecule has 1 unspecified atom stereocenters. The summed E-state index contributed by atoms with van der Waals surface area (Å²) in [4.78, 5) is 30.0. The van der Waals surface area contributed by atoms with Crippen molar-refractivity contribution in [3.63, 3.8) is 0 Å². The molecule has 34 heavy (non-hydrogen) atoms. The molecular weight excluding hydrogens is 430 g/mol. The molecule has 0 spiro atoms. The smallest absolute Gasteiger partial charge is 0.408 e. The topological polar surface area (TPSA) is 87.7 Å². The number of ether oxygens (including phenoxy) is 1. The Bertz CT molecular complexity index is 1130. The van der Waals surface area contributed by atoms with Crippen LogP contribution in [-0.4, -0.2) is 64.9 Å². The number of hydrogen-bond acceptors (Lipinski definition) is 6. The summed E-state index contributed by atoms with van der Waals surface area (Å²) in [6.45, 7) is 7.86. The summed E-state index contributed by atoms with van der Waals surface area (Å²) in [7, 11) is 0. The molecule has 2 aromatic carbocycles. The van der Waals surface area contributed by atoms with Gasteiger partial charge in [0, 0.05) is 38.0 Å². The van der Waals surface area contributed by atoms with E-state index in [-0.39, 0.29) is 5.91 Å². The van der Waals surface area contributed by atoms with E-state index in [9.17, 15) is 9.59 Å². The molecule has 8 heteroatoms. The number of rotatable bonds is 5. The van der Waals surface area contributed by atoms with E-state index in [1.807, 2.05) is 59.5 Å². The average Bonchev–Trinajstić information content (AvgIpc) is 2.82. The Morgan fingerprint density at radius 1 is 1.00 bits per heavy atom. The SMILES string of the molecule is CC(C)(C)OC(=O)NC(Cc1ccccc1)C(=O)N1CCN(c2cnnc3ccccc23)CC1. The number of carbonyl (C=O) groups is 2. The molecule has 1 aliphatic heterocycles. The molecule has 1 fully saturated rings. The number of nitrogens with zero attached hydrogens (tertiary/aromatic N) is 4.